The summed E-state index contributed by atoms with van der Waals surface area (Å²) in [6, 6.07) is 5.62. The van der Waals surface area contributed by atoms with Crippen LogP contribution in [0.2, 0.25) is 0 Å². The number of benzene rings is 2. The minimum Gasteiger partial charge on any atom is -0.417 e. The lowest BCUT2D eigenvalue weighted by Crippen LogP contribution is -2.40. The highest BCUT2D eigenvalue weighted by Gasteiger charge is 2.35. The summed E-state index contributed by atoms with van der Waals surface area (Å²) in [6.45, 7) is 1.26. The Hall–Kier alpha value is -3.71. The molecular weight excluding hydrogens is 462 g/mol. The zero-order valence-electron chi connectivity index (χ0n) is 17.3. The van der Waals surface area contributed by atoms with Gasteiger partial charge in [-0.15, -0.1) is 0 Å². The molecule has 0 fully saturated rings. The third kappa shape index (κ3) is 4.59. The molecule has 10 nitrogen and oxygen atoms in total. The molecule has 0 saturated carbocycles. The van der Waals surface area contributed by atoms with Gasteiger partial charge in [-0.25, -0.2) is 18.3 Å². The number of halogens is 2. The fraction of sp³-hybridized carbons (Fsp3) is 0.200. The van der Waals surface area contributed by atoms with E-state index in [-0.39, 0.29) is 40.9 Å². The van der Waals surface area contributed by atoms with E-state index in [1.165, 1.54) is 43.8 Å². The molecule has 0 aliphatic carbocycles. The van der Waals surface area contributed by atoms with Crippen LogP contribution in [0.15, 0.2) is 47.2 Å². The molecule has 1 amide bonds. The topological polar surface area (TPSA) is 123 Å². The number of amides is 1. The van der Waals surface area contributed by atoms with Crippen molar-refractivity contribution < 1.29 is 35.9 Å². The molecule has 33 heavy (non-hydrogen) atoms. The lowest BCUT2D eigenvalue weighted by Gasteiger charge is -2.34. The van der Waals surface area contributed by atoms with Gasteiger partial charge in [-0.1, -0.05) is 12.1 Å². The second kappa shape index (κ2) is 8.67. The van der Waals surface area contributed by atoms with Crippen LogP contribution in [0.25, 0.3) is 0 Å². The Labute approximate surface area is 187 Å². The van der Waals surface area contributed by atoms with Crippen LogP contribution in [0.1, 0.15) is 24.1 Å². The van der Waals surface area contributed by atoms with Crippen LogP contribution >= 0.6 is 0 Å². The van der Waals surface area contributed by atoms with E-state index in [0.29, 0.717) is 0 Å². The summed E-state index contributed by atoms with van der Waals surface area (Å²) in [5, 5.41) is 0. The molecule has 2 heterocycles. The number of oxazole rings is 1. The largest absolute Gasteiger partial charge is 0.417 e. The maximum Gasteiger partial charge on any atom is 0.416 e. The fourth-order valence-electron chi connectivity index (χ4n) is 3.31. The van der Waals surface area contributed by atoms with Crippen molar-refractivity contribution in [3.05, 3.63) is 65.6 Å². The SMILES string of the molecule is CNS(=O)(=O)Nc1cccc(CN2C(=O)Oc3cc(Oc4ncco4)cc(F)c3[C@@H]2C)c1F. The highest BCUT2D eigenvalue weighted by Crippen LogP contribution is 2.41. The number of nitrogens with zero attached hydrogens (tertiary/aromatic N) is 2. The van der Waals surface area contributed by atoms with E-state index < -0.39 is 34.0 Å². The maximum absolute atomic E-state index is 14.9. The molecule has 1 aromatic heterocycles. The van der Waals surface area contributed by atoms with E-state index in [4.69, 9.17) is 13.9 Å². The third-order valence-corrected chi connectivity index (χ3v) is 5.96. The van der Waals surface area contributed by atoms with Crippen molar-refractivity contribution in [3.8, 4) is 17.6 Å². The zero-order valence-corrected chi connectivity index (χ0v) is 18.2. The molecule has 13 heteroatoms. The van der Waals surface area contributed by atoms with Crippen LogP contribution in [-0.4, -0.2) is 31.4 Å². The van der Waals surface area contributed by atoms with E-state index >= 15 is 0 Å². The monoisotopic (exact) mass is 480 g/mol. The standard InChI is InChI=1S/C20H18F2N4O6S/c1-11-17-14(21)8-13(31-19-24-6-7-30-19)9-16(17)32-20(27)26(11)10-12-4-3-5-15(18(12)22)25-33(28,29)23-2/h3-9,11,23,25H,10H2,1-2H3/t11-/m0/s1. The second-order valence-corrected chi connectivity index (χ2v) is 8.60. The van der Waals surface area contributed by atoms with Crippen molar-refractivity contribution in [1.29, 1.82) is 0 Å². The minimum absolute atomic E-state index is 0.00260. The van der Waals surface area contributed by atoms with Gasteiger partial charge >= 0.3 is 12.2 Å². The lowest BCUT2D eigenvalue weighted by molar-refractivity contribution is 0.114. The Morgan fingerprint density at radius 2 is 2.06 bits per heavy atom. The van der Waals surface area contributed by atoms with Crippen molar-refractivity contribution in [2.24, 2.45) is 0 Å². The maximum atomic E-state index is 14.9. The van der Waals surface area contributed by atoms with Crippen molar-refractivity contribution in [2.75, 3.05) is 11.8 Å². The first-order chi connectivity index (χ1) is 15.7. The molecule has 0 unspecified atom stereocenters. The van der Waals surface area contributed by atoms with Gasteiger partial charge in [-0.05, 0) is 13.0 Å². The summed E-state index contributed by atoms with van der Waals surface area (Å²) in [5.74, 6) is -1.63. The van der Waals surface area contributed by atoms with Gasteiger partial charge in [0, 0.05) is 24.7 Å². The lowest BCUT2D eigenvalue weighted by atomic mass is 10.0. The zero-order chi connectivity index (χ0) is 23.8. The molecule has 0 bridgehead atoms. The van der Waals surface area contributed by atoms with E-state index in [1.807, 2.05) is 9.44 Å². The average Bonchev–Trinajstić information content (AvgIpc) is 3.26. The van der Waals surface area contributed by atoms with E-state index in [1.54, 1.807) is 6.92 Å². The number of aromatic nitrogens is 1. The molecule has 0 radical (unpaired) electrons. The Morgan fingerprint density at radius 1 is 1.27 bits per heavy atom. The van der Waals surface area contributed by atoms with Gasteiger partial charge in [0.25, 0.3) is 10.2 Å². The Kier molecular flexibility index (Phi) is 5.91. The van der Waals surface area contributed by atoms with Crippen LogP contribution < -0.4 is 18.9 Å². The summed E-state index contributed by atoms with van der Waals surface area (Å²) in [7, 11) is -2.78. The summed E-state index contributed by atoms with van der Waals surface area (Å²) >= 11 is 0. The average molecular weight is 480 g/mol. The number of anilines is 1. The van der Waals surface area contributed by atoms with E-state index in [9.17, 15) is 22.0 Å². The van der Waals surface area contributed by atoms with Gasteiger partial charge in [0.2, 0.25) is 0 Å². The fourth-order valence-corrected chi connectivity index (χ4v) is 3.86. The first-order valence-electron chi connectivity index (χ1n) is 9.56. The molecule has 0 spiro atoms. The Morgan fingerprint density at radius 3 is 2.76 bits per heavy atom. The number of carbonyl (C=O) groups is 1. The molecule has 2 aromatic carbocycles. The number of fused-ring (bicyclic) bond motifs is 1. The van der Waals surface area contributed by atoms with Crippen LogP contribution in [0.4, 0.5) is 19.3 Å². The number of rotatable bonds is 7. The van der Waals surface area contributed by atoms with Crippen LogP contribution in [0.3, 0.4) is 0 Å². The number of hydrogen-bond donors (Lipinski definition) is 2. The molecular formula is C20H18F2N4O6S. The minimum atomic E-state index is -3.95. The number of carbonyl (C=O) groups excluding carboxylic acids is 1. The predicted molar refractivity (Wildman–Crippen MR) is 111 cm³/mol. The summed E-state index contributed by atoms with van der Waals surface area (Å²) in [5.41, 5.74) is -0.232. The molecule has 2 N–H and O–H groups in total. The summed E-state index contributed by atoms with van der Waals surface area (Å²) < 4.78 is 72.8. The van der Waals surface area contributed by atoms with Gasteiger partial charge in [0.15, 0.2) is 5.82 Å². The molecule has 3 aromatic rings. The third-order valence-electron chi connectivity index (χ3n) is 4.93. The van der Waals surface area contributed by atoms with Crippen molar-refractivity contribution in [2.45, 2.75) is 19.5 Å². The Bertz CT molecular complexity index is 1300. The highest BCUT2D eigenvalue weighted by atomic mass is 32.2. The van der Waals surface area contributed by atoms with E-state index in [0.717, 1.165) is 11.0 Å². The van der Waals surface area contributed by atoms with Crippen molar-refractivity contribution in [1.82, 2.24) is 14.6 Å². The predicted octanol–water partition coefficient (Wildman–Crippen LogP) is 3.70. The number of nitrogens with one attached hydrogen (secondary N) is 2. The van der Waals surface area contributed by atoms with Crippen LogP contribution in [-0.2, 0) is 16.8 Å². The van der Waals surface area contributed by atoms with Crippen molar-refractivity contribution >= 4 is 22.0 Å². The molecule has 4 rings (SSSR count). The first kappa shape index (κ1) is 22.5. The normalized spacial score (nSPS) is 15.7. The number of hydrogen-bond acceptors (Lipinski definition) is 7. The second-order valence-electron chi connectivity index (χ2n) is 6.98. The smallest absolute Gasteiger partial charge is 0.416 e. The molecule has 174 valence electrons. The molecule has 1 aliphatic heterocycles. The quantitative estimate of drug-likeness (QED) is 0.529. The number of ether oxygens (including phenoxy) is 2. The summed E-state index contributed by atoms with van der Waals surface area (Å²) in [4.78, 5) is 17.5. The Balaban J connectivity index is 1.60. The van der Waals surface area contributed by atoms with E-state index in [2.05, 4.69) is 4.98 Å². The molecule has 0 saturated heterocycles. The highest BCUT2D eigenvalue weighted by molar-refractivity contribution is 7.90. The van der Waals surface area contributed by atoms with Gasteiger partial charge in [0.1, 0.15) is 23.6 Å². The van der Waals surface area contributed by atoms with Crippen LogP contribution in [0.5, 0.6) is 17.6 Å². The molecule has 1 atom stereocenters. The molecule has 1 aliphatic rings. The van der Waals surface area contributed by atoms with Crippen LogP contribution in [0, 0.1) is 11.6 Å². The summed E-state index contributed by atoms with van der Waals surface area (Å²) in [6.07, 6.45) is 1.67. The van der Waals surface area contributed by atoms with Crippen molar-refractivity contribution in [3.63, 3.8) is 0 Å². The van der Waals surface area contributed by atoms with Gasteiger partial charge in [0.05, 0.1) is 30.0 Å². The van der Waals surface area contributed by atoms with Gasteiger partial charge < -0.3 is 13.9 Å². The van der Waals surface area contributed by atoms with Gasteiger partial charge in [-0.3, -0.25) is 9.62 Å². The first-order valence-corrected chi connectivity index (χ1v) is 11.0. The van der Waals surface area contributed by atoms with Gasteiger partial charge in [-0.2, -0.15) is 13.4 Å².